The van der Waals surface area contributed by atoms with Crippen LogP contribution < -0.4 is 10.5 Å². The predicted octanol–water partition coefficient (Wildman–Crippen LogP) is 0.683. The molecule has 88 valence electrons. The molecular formula is C11H12N4O2. The summed E-state index contributed by atoms with van der Waals surface area (Å²) in [7, 11) is 1.60. The fourth-order valence-electron chi connectivity index (χ4n) is 1.53. The summed E-state index contributed by atoms with van der Waals surface area (Å²) in [5.74, 6) is 0.170. The molecule has 1 heterocycles. The summed E-state index contributed by atoms with van der Waals surface area (Å²) >= 11 is 0. The van der Waals surface area contributed by atoms with Crippen LogP contribution >= 0.6 is 0 Å². The van der Waals surface area contributed by atoms with Crippen molar-refractivity contribution in [2.75, 3.05) is 7.11 Å². The topological polar surface area (TPSA) is 83.0 Å². The third-order valence-electron chi connectivity index (χ3n) is 2.44. The van der Waals surface area contributed by atoms with Crippen molar-refractivity contribution >= 4 is 5.91 Å². The van der Waals surface area contributed by atoms with Gasteiger partial charge < -0.3 is 10.5 Å². The van der Waals surface area contributed by atoms with Gasteiger partial charge in [0.1, 0.15) is 5.75 Å². The molecule has 6 nitrogen and oxygen atoms in total. The van der Waals surface area contributed by atoms with Crippen LogP contribution in [-0.2, 0) is 0 Å². The summed E-state index contributed by atoms with van der Waals surface area (Å²) in [6, 6.07) is 7.26. The van der Waals surface area contributed by atoms with Crippen LogP contribution in [0.5, 0.6) is 5.75 Å². The molecule has 2 aromatic rings. The molecule has 0 aliphatic heterocycles. The van der Waals surface area contributed by atoms with Crippen molar-refractivity contribution in [3.8, 4) is 11.4 Å². The predicted molar refractivity (Wildman–Crippen MR) is 61.2 cm³/mol. The van der Waals surface area contributed by atoms with Crippen LogP contribution in [0.1, 0.15) is 16.2 Å². The van der Waals surface area contributed by atoms with Gasteiger partial charge in [-0.2, -0.15) is 0 Å². The molecule has 0 aliphatic carbocycles. The quantitative estimate of drug-likeness (QED) is 0.843. The first-order valence-corrected chi connectivity index (χ1v) is 5.00. The number of hydrogen-bond acceptors (Lipinski definition) is 4. The lowest BCUT2D eigenvalue weighted by atomic mass is 10.3. The Labute approximate surface area is 98.0 Å². The second kappa shape index (κ2) is 4.25. The lowest BCUT2D eigenvalue weighted by Crippen LogP contribution is -2.13. The lowest BCUT2D eigenvalue weighted by Gasteiger charge is -2.04. The minimum absolute atomic E-state index is 0.181. The van der Waals surface area contributed by atoms with Crippen molar-refractivity contribution in [1.82, 2.24) is 15.0 Å². The number of methoxy groups -OCH3 is 1. The molecule has 6 heteroatoms. The molecule has 0 saturated heterocycles. The monoisotopic (exact) mass is 232 g/mol. The highest BCUT2D eigenvalue weighted by molar-refractivity contribution is 5.91. The molecule has 0 radical (unpaired) electrons. The average Bonchev–Trinajstić information content (AvgIpc) is 2.71. The Morgan fingerprint density at radius 3 is 2.47 bits per heavy atom. The third-order valence-corrected chi connectivity index (χ3v) is 2.44. The van der Waals surface area contributed by atoms with E-state index >= 15 is 0 Å². The van der Waals surface area contributed by atoms with E-state index in [-0.39, 0.29) is 5.69 Å². The number of benzene rings is 1. The van der Waals surface area contributed by atoms with Crippen LogP contribution in [0.15, 0.2) is 24.3 Å². The summed E-state index contributed by atoms with van der Waals surface area (Å²) in [4.78, 5) is 11.1. The number of nitrogens with zero attached hydrogens (tertiary/aromatic N) is 3. The molecule has 1 aromatic carbocycles. The van der Waals surface area contributed by atoms with E-state index in [9.17, 15) is 4.79 Å². The van der Waals surface area contributed by atoms with E-state index in [0.717, 1.165) is 11.4 Å². The van der Waals surface area contributed by atoms with Crippen molar-refractivity contribution in [1.29, 1.82) is 0 Å². The van der Waals surface area contributed by atoms with Gasteiger partial charge in [-0.15, -0.1) is 5.10 Å². The van der Waals surface area contributed by atoms with Crippen LogP contribution in [-0.4, -0.2) is 28.0 Å². The van der Waals surface area contributed by atoms with Gasteiger partial charge in [0.2, 0.25) is 0 Å². The van der Waals surface area contributed by atoms with E-state index in [1.165, 1.54) is 0 Å². The number of carbonyl (C=O) groups is 1. The first-order chi connectivity index (χ1) is 8.13. The van der Waals surface area contributed by atoms with Crippen LogP contribution in [0.4, 0.5) is 0 Å². The second-order valence-corrected chi connectivity index (χ2v) is 3.50. The molecule has 0 fully saturated rings. The molecule has 2 rings (SSSR count). The van der Waals surface area contributed by atoms with Crippen molar-refractivity contribution in [2.24, 2.45) is 5.73 Å². The van der Waals surface area contributed by atoms with Gasteiger partial charge in [0, 0.05) is 0 Å². The zero-order chi connectivity index (χ0) is 12.4. The maximum Gasteiger partial charge on any atom is 0.271 e. The number of amides is 1. The van der Waals surface area contributed by atoms with E-state index in [1.54, 1.807) is 30.8 Å². The Kier molecular flexibility index (Phi) is 2.78. The van der Waals surface area contributed by atoms with Crippen LogP contribution in [0, 0.1) is 6.92 Å². The molecule has 0 atom stereocenters. The summed E-state index contributed by atoms with van der Waals surface area (Å²) in [5, 5.41) is 7.63. The highest BCUT2D eigenvalue weighted by Gasteiger charge is 2.14. The Hall–Kier alpha value is -2.37. The largest absolute Gasteiger partial charge is 0.497 e. The maximum absolute atomic E-state index is 11.1. The van der Waals surface area contributed by atoms with E-state index < -0.39 is 5.91 Å². The summed E-state index contributed by atoms with van der Waals surface area (Å²) in [5.41, 5.74) is 6.77. The number of aromatic nitrogens is 3. The van der Waals surface area contributed by atoms with Crippen LogP contribution in [0.3, 0.4) is 0 Å². The molecule has 0 unspecified atom stereocenters. The molecule has 0 spiro atoms. The number of carbonyl (C=O) groups excluding carboxylic acids is 1. The number of ether oxygens (including phenoxy) is 1. The van der Waals surface area contributed by atoms with Crippen molar-refractivity contribution in [2.45, 2.75) is 6.92 Å². The highest BCUT2D eigenvalue weighted by atomic mass is 16.5. The van der Waals surface area contributed by atoms with Crippen molar-refractivity contribution < 1.29 is 9.53 Å². The zero-order valence-corrected chi connectivity index (χ0v) is 9.54. The van der Waals surface area contributed by atoms with Gasteiger partial charge in [-0.25, -0.2) is 4.68 Å². The average molecular weight is 232 g/mol. The smallest absolute Gasteiger partial charge is 0.271 e. The third kappa shape index (κ3) is 1.96. The van der Waals surface area contributed by atoms with E-state index in [1.807, 2.05) is 12.1 Å². The van der Waals surface area contributed by atoms with Gasteiger partial charge >= 0.3 is 0 Å². The molecule has 1 amide bonds. The summed E-state index contributed by atoms with van der Waals surface area (Å²) < 4.78 is 6.61. The minimum Gasteiger partial charge on any atom is -0.497 e. The Morgan fingerprint density at radius 2 is 2.00 bits per heavy atom. The number of rotatable bonds is 3. The minimum atomic E-state index is -0.581. The molecule has 0 bridgehead atoms. The van der Waals surface area contributed by atoms with Crippen molar-refractivity contribution in [3.63, 3.8) is 0 Å². The second-order valence-electron chi connectivity index (χ2n) is 3.50. The van der Waals surface area contributed by atoms with Gasteiger partial charge in [0.05, 0.1) is 18.5 Å². The van der Waals surface area contributed by atoms with Crippen LogP contribution in [0.2, 0.25) is 0 Å². The number of nitrogens with two attached hydrogens (primary N) is 1. The Bertz CT molecular complexity index is 545. The highest BCUT2D eigenvalue weighted by Crippen LogP contribution is 2.16. The number of hydrogen-bond donors (Lipinski definition) is 1. The molecule has 17 heavy (non-hydrogen) atoms. The fraction of sp³-hybridized carbons (Fsp3) is 0.182. The van der Waals surface area contributed by atoms with Gasteiger partial charge in [-0.3, -0.25) is 4.79 Å². The molecule has 2 N–H and O–H groups in total. The molecular weight excluding hydrogens is 220 g/mol. The van der Waals surface area contributed by atoms with Crippen molar-refractivity contribution in [3.05, 3.63) is 35.7 Å². The lowest BCUT2D eigenvalue weighted by molar-refractivity contribution is 0.0995. The van der Waals surface area contributed by atoms with E-state index in [2.05, 4.69) is 10.3 Å². The van der Waals surface area contributed by atoms with Crippen LogP contribution in [0.25, 0.3) is 5.69 Å². The van der Waals surface area contributed by atoms with Gasteiger partial charge in [0.15, 0.2) is 5.69 Å². The van der Waals surface area contributed by atoms with Gasteiger partial charge in [-0.05, 0) is 31.2 Å². The van der Waals surface area contributed by atoms with Gasteiger partial charge in [0.25, 0.3) is 5.91 Å². The summed E-state index contributed by atoms with van der Waals surface area (Å²) in [6.45, 7) is 1.74. The Balaban J connectivity index is 2.42. The standard InChI is InChI=1S/C11H12N4O2/c1-7-10(11(12)16)13-14-15(7)8-3-5-9(17-2)6-4-8/h3-6H,1-2H3,(H2,12,16). The normalized spacial score (nSPS) is 10.2. The maximum atomic E-state index is 11.1. The number of primary amides is 1. The van der Waals surface area contributed by atoms with E-state index in [4.69, 9.17) is 10.5 Å². The molecule has 1 aromatic heterocycles. The van der Waals surface area contributed by atoms with E-state index in [0.29, 0.717) is 5.69 Å². The Morgan fingerprint density at radius 1 is 1.35 bits per heavy atom. The summed E-state index contributed by atoms with van der Waals surface area (Å²) in [6.07, 6.45) is 0. The fourth-order valence-corrected chi connectivity index (χ4v) is 1.53. The first kappa shape index (κ1) is 11.1. The first-order valence-electron chi connectivity index (χ1n) is 5.00. The molecule has 0 saturated carbocycles. The van der Waals surface area contributed by atoms with Gasteiger partial charge in [-0.1, -0.05) is 5.21 Å². The molecule has 0 aliphatic rings. The SMILES string of the molecule is COc1ccc(-n2nnc(C(N)=O)c2C)cc1. The zero-order valence-electron chi connectivity index (χ0n) is 9.54.